The predicted molar refractivity (Wildman–Crippen MR) is 77.7 cm³/mol. The minimum atomic E-state index is -0.725. The summed E-state index contributed by atoms with van der Waals surface area (Å²) in [5.41, 5.74) is 1.87. The van der Waals surface area contributed by atoms with Crippen LogP contribution in [-0.2, 0) is 4.79 Å². The maximum atomic E-state index is 11.6. The van der Waals surface area contributed by atoms with Crippen LogP contribution in [0.5, 0.6) is 0 Å². The van der Waals surface area contributed by atoms with Gasteiger partial charge in [0, 0.05) is 13.1 Å². The molecule has 4 heteroatoms. The molecule has 20 heavy (non-hydrogen) atoms. The van der Waals surface area contributed by atoms with Crippen LogP contribution in [0.25, 0.3) is 0 Å². The fraction of sp³-hybridized carbons (Fsp3) is 0.500. The molecular weight excluding hydrogens is 252 g/mol. The lowest BCUT2D eigenvalue weighted by Crippen LogP contribution is -2.48. The maximum Gasteiger partial charge on any atom is 0.311 e. The number of rotatable bonds is 3. The molecule has 1 saturated heterocycles. The first-order chi connectivity index (χ1) is 9.54. The van der Waals surface area contributed by atoms with E-state index in [1.807, 2.05) is 26.0 Å². The standard InChI is InChI=1S/C16H20N2O2/c1-3-16(15(19)20)8-5-9-18(11-16)14-12(2)6-4-7-13(14)10-17/h4,6-7H,3,5,8-9,11H2,1-2H3,(H,19,20). The third kappa shape index (κ3) is 2.36. The second kappa shape index (κ2) is 5.54. The summed E-state index contributed by atoms with van der Waals surface area (Å²) < 4.78 is 0. The Morgan fingerprint density at radius 2 is 2.30 bits per heavy atom. The highest BCUT2D eigenvalue weighted by Crippen LogP contribution is 2.37. The lowest BCUT2D eigenvalue weighted by Gasteiger charge is -2.41. The molecule has 1 atom stereocenters. The first kappa shape index (κ1) is 14.4. The summed E-state index contributed by atoms with van der Waals surface area (Å²) in [6.07, 6.45) is 2.18. The number of carbonyl (C=O) groups is 1. The van der Waals surface area contributed by atoms with Crippen molar-refractivity contribution < 1.29 is 9.90 Å². The lowest BCUT2D eigenvalue weighted by atomic mass is 9.77. The van der Waals surface area contributed by atoms with Crippen molar-refractivity contribution in [3.63, 3.8) is 0 Å². The molecule has 0 radical (unpaired) electrons. The highest BCUT2D eigenvalue weighted by atomic mass is 16.4. The molecule has 0 bridgehead atoms. The number of nitrogens with zero attached hydrogens (tertiary/aromatic N) is 2. The molecule has 0 amide bonds. The molecule has 0 aromatic heterocycles. The Balaban J connectivity index is 2.40. The van der Waals surface area contributed by atoms with Gasteiger partial charge in [0.2, 0.25) is 0 Å². The summed E-state index contributed by atoms with van der Waals surface area (Å²) in [4.78, 5) is 13.7. The molecule has 0 spiro atoms. The second-order valence-electron chi connectivity index (χ2n) is 5.55. The van der Waals surface area contributed by atoms with E-state index in [1.54, 1.807) is 6.07 Å². The van der Waals surface area contributed by atoms with Gasteiger partial charge in [-0.25, -0.2) is 0 Å². The van der Waals surface area contributed by atoms with E-state index in [-0.39, 0.29) is 0 Å². The van der Waals surface area contributed by atoms with Crippen LogP contribution < -0.4 is 4.90 Å². The molecule has 1 aromatic carbocycles. The van der Waals surface area contributed by atoms with Crippen LogP contribution in [0.1, 0.15) is 37.3 Å². The number of carboxylic acid groups (broad SMARTS) is 1. The summed E-state index contributed by atoms with van der Waals surface area (Å²) in [7, 11) is 0. The van der Waals surface area contributed by atoms with Gasteiger partial charge in [0.15, 0.2) is 0 Å². The number of benzene rings is 1. The van der Waals surface area contributed by atoms with Gasteiger partial charge in [0.05, 0.1) is 16.7 Å². The van der Waals surface area contributed by atoms with Crippen LogP contribution in [0, 0.1) is 23.7 Å². The van der Waals surface area contributed by atoms with Gasteiger partial charge >= 0.3 is 5.97 Å². The predicted octanol–water partition coefficient (Wildman–Crippen LogP) is 2.95. The first-order valence-corrected chi connectivity index (χ1v) is 7.02. The third-order valence-electron chi connectivity index (χ3n) is 4.38. The molecular formula is C16H20N2O2. The van der Waals surface area contributed by atoms with Crippen molar-refractivity contribution in [1.29, 1.82) is 5.26 Å². The number of carboxylic acids is 1. The van der Waals surface area contributed by atoms with Gasteiger partial charge in [-0.3, -0.25) is 4.79 Å². The number of nitriles is 1. The Kier molecular flexibility index (Phi) is 3.99. The second-order valence-corrected chi connectivity index (χ2v) is 5.55. The molecule has 0 saturated carbocycles. The molecule has 1 aliphatic rings. The smallest absolute Gasteiger partial charge is 0.311 e. The summed E-state index contributed by atoms with van der Waals surface area (Å²) in [6.45, 7) is 5.20. The highest BCUT2D eigenvalue weighted by molar-refractivity contribution is 5.76. The molecule has 1 unspecified atom stereocenters. The van der Waals surface area contributed by atoms with Crippen molar-refractivity contribution in [2.24, 2.45) is 5.41 Å². The quantitative estimate of drug-likeness (QED) is 0.918. The monoisotopic (exact) mass is 272 g/mol. The zero-order valence-corrected chi connectivity index (χ0v) is 12.0. The van der Waals surface area contributed by atoms with Crippen molar-refractivity contribution in [1.82, 2.24) is 0 Å². The van der Waals surface area contributed by atoms with E-state index < -0.39 is 11.4 Å². The van der Waals surface area contributed by atoms with E-state index in [9.17, 15) is 15.2 Å². The SMILES string of the molecule is CCC1(C(=O)O)CCCN(c2c(C)cccc2C#N)C1. The zero-order chi connectivity index (χ0) is 14.8. The maximum absolute atomic E-state index is 11.6. The van der Waals surface area contributed by atoms with E-state index in [0.29, 0.717) is 24.9 Å². The number of aryl methyl sites for hydroxylation is 1. The van der Waals surface area contributed by atoms with Crippen LogP contribution in [0.2, 0.25) is 0 Å². The molecule has 106 valence electrons. The number of aliphatic carboxylic acids is 1. The number of para-hydroxylation sites is 1. The number of hydrogen-bond acceptors (Lipinski definition) is 3. The Bertz CT molecular complexity index is 562. The number of piperidine rings is 1. The molecule has 2 rings (SSSR count). The van der Waals surface area contributed by atoms with Gasteiger partial charge in [0.25, 0.3) is 0 Å². The van der Waals surface area contributed by atoms with E-state index in [4.69, 9.17) is 0 Å². The molecule has 4 nitrogen and oxygen atoms in total. The van der Waals surface area contributed by atoms with Gasteiger partial charge < -0.3 is 10.0 Å². The van der Waals surface area contributed by atoms with Gasteiger partial charge in [0.1, 0.15) is 6.07 Å². The van der Waals surface area contributed by atoms with Gasteiger partial charge in [-0.05, 0) is 37.8 Å². The largest absolute Gasteiger partial charge is 0.481 e. The van der Waals surface area contributed by atoms with Crippen molar-refractivity contribution in [3.8, 4) is 6.07 Å². The first-order valence-electron chi connectivity index (χ1n) is 7.02. The van der Waals surface area contributed by atoms with Crippen LogP contribution in [0.15, 0.2) is 18.2 Å². The van der Waals surface area contributed by atoms with E-state index in [0.717, 1.165) is 24.2 Å². The van der Waals surface area contributed by atoms with Gasteiger partial charge in [-0.1, -0.05) is 19.1 Å². The Morgan fingerprint density at radius 1 is 1.55 bits per heavy atom. The van der Waals surface area contributed by atoms with E-state index in [1.165, 1.54) is 0 Å². The van der Waals surface area contributed by atoms with E-state index in [2.05, 4.69) is 11.0 Å². The normalized spacial score (nSPS) is 22.4. The Labute approximate surface area is 119 Å². The Hall–Kier alpha value is -2.02. The molecule has 0 aliphatic carbocycles. The third-order valence-corrected chi connectivity index (χ3v) is 4.38. The topological polar surface area (TPSA) is 64.3 Å². The van der Waals surface area contributed by atoms with Gasteiger partial charge in [-0.15, -0.1) is 0 Å². The summed E-state index contributed by atoms with van der Waals surface area (Å²) in [5, 5.41) is 18.8. The molecule has 1 N–H and O–H groups in total. The van der Waals surface area contributed by atoms with Crippen LogP contribution in [0.3, 0.4) is 0 Å². The van der Waals surface area contributed by atoms with Crippen LogP contribution in [0.4, 0.5) is 5.69 Å². The summed E-state index contributed by atoms with van der Waals surface area (Å²) in [5.74, 6) is -0.725. The number of hydrogen-bond donors (Lipinski definition) is 1. The van der Waals surface area contributed by atoms with Gasteiger partial charge in [-0.2, -0.15) is 5.26 Å². The molecule has 1 heterocycles. The minimum Gasteiger partial charge on any atom is -0.481 e. The fourth-order valence-corrected chi connectivity index (χ4v) is 3.11. The van der Waals surface area contributed by atoms with Crippen molar-refractivity contribution >= 4 is 11.7 Å². The summed E-state index contributed by atoms with van der Waals surface area (Å²) in [6, 6.07) is 7.85. The zero-order valence-electron chi connectivity index (χ0n) is 12.0. The summed E-state index contributed by atoms with van der Waals surface area (Å²) >= 11 is 0. The van der Waals surface area contributed by atoms with E-state index >= 15 is 0 Å². The van der Waals surface area contributed by atoms with Crippen LogP contribution in [-0.4, -0.2) is 24.2 Å². The fourth-order valence-electron chi connectivity index (χ4n) is 3.11. The highest BCUT2D eigenvalue weighted by Gasteiger charge is 2.41. The molecule has 1 aliphatic heterocycles. The minimum absolute atomic E-state index is 0.484. The van der Waals surface area contributed by atoms with Crippen molar-refractivity contribution in [3.05, 3.63) is 29.3 Å². The van der Waals surface area contributed by atoms with Crippen LogP contribution >= 0.6 is 0 Å². The van der Waals surface area contributed by atoms with Crippen molar-refractivity contribution in [2.45, 2.75) is 33.1 Å². The lowest BCUT2D eigenvalue weighted by molar-refractivity contribution is -0.149. The average Bonchev–Trinajstić information content (AvgIpc) is 2.46. The molecule has 1 fully saturated rings. The van der Waals surface area contributed by atoms with Crippen molar-refractivity contribution in [2.75, 3.05) is 18.0 Å². The molecule has 1 aromatic rings. The number of anilines is 1. The average molecular weight is 272 g/mol. The Morgan fingerprint density at radius 3 is 2.90 bits per heavy atom.